The second-order valence-corrected chi connectivity index (χ2v) is 10.9. The molecule has 0 bridgehead atoms. The number of rotatable bonds is 10. The molecule has 5 rings (SSSR count). The van der Waals surface area contributed by atoms with Crippen molar-refractivity contribution >= 4 is 12.2 Å². The van der Waals surface area contributed by atoms with Crippen molar-refractivity contribution in [1.82, 2.24) is 30.3 Å². The summed E-state index contributed by atoms with van der Waals surface area (Å²) in [6.07, 6.45) is 9.63. The number of likely N-dealkylation sites (tertiary alicyclic amines) is 1. The van der Waals surface area contributed by atoms with Crippen LogP contribution in [0.15, 0.2) is 71.6 Å². The molecule has 1 unspecified atom stereocenters. The fourth-order valence-electron chi connectivity index (χ4n) is 4.71. The minimum atomic E-state index is -0.147. The number of nitrogens with zero attached hydrogens (tertiary/aromatic N) is 4. The van der Waals surface area contributed by atoms with Gasteiger partial charge in [0.25, 0.3) is 5.91 Å². The number of aromatic nitrogens is 3. The lowest BCUT2D eigenvalue weighted by molar-refractivity contribution is 0.0953. The van der Waals surface area contributed by atoms with Crippen LogP contribution in [0.1, 0.15) is 81.2 Å². The molecule has 3 heterocycles. The Hall–Kier alpha value is -4.08. The van der Waals surface area contributed by atoms with Crippen molar-refractivity contribution in [1.29, 1.82) is 0 Å². The number of benzene rings is 2. The van der Waals surface area contributed by atoms with E-state index in [0.717, 1.165) is 61.6 Å². The summed E-state index contributed by atoms with van der Waals surface area (Å²) < 4.78 is 7.26. The highest BCUT2D eigenvalue weighted by Gasteiger charge is 2.26. The third-order valence-electron chi connectivity index (χ3n) is 7.04. The molecule has 1 saturated heterocycles. The zero-order chi connectivity index (χ0) is 31.0. The summed E-state index contributed by atoms with van der Waals surface area (Å²) in [5, 5.41) is 10.4. The Morgan fingerprint density at radius 3 is 2.47 bits per heavy atom. The number of carbonyl (C=O) groups is 2. The predicted molar refractivity (Wildman–Crippen MR) is 170 cm³/mol. The van der Waals surface area contributed by atoms with Gasteiger partial charge < -0.3 is 15.1 Å². The first-order valence-corrected chi connectivity index (χ1v) is 15.0. The molecule has 2 aromatic heterocycles. The maximum atomic E-state index is 12.1. The highest BCUT2D eigenvalue weighted by atomic mass is 16.3. The molecular weight excluding hydrogens is 540 g/mol. The van der Waals surface area contributed by atoms with Gasteiger partial charge in [-0.2, -0.15) is 5.10 Å². The van der Waals surface area contributed by atoms with E-state index in [4.69, 9.17) is 4.42 Å². The summed E-state index contributed by atoms with van der Waals surface area (Å²) in [4.78, 5) is 29.6. The molecule has 0 aliphatic carbocycles. The Bertz CT molecular complexity index is 1400. The number of amides is 1. The first-order valence-electron chi connectivity index (χ1n) is 15.0. The molecule has 43 heavy (non-hydrogen) atoms. The molecule has 0 radical (unpaired) electrons. The Morgan fingerprint density at radius 2 is 1.88 bits per heavy atom. The van der Waals surface area contributed by atoms with E-state index >= 15 is 0 Å². The fraction of sp³-hybridized carbons (Fsp3) is 0.412. The third kappa shape index (κ3) is 11.6. The Morgan fingerprint density at radius 1 is 1.09 bits per heavy atom. The molecule has 9 nitrogen and oxygen atoms in total. The number of aldehydes is 1. The number of hydrogen-bond donors (Lipinski definition) is 2. The lowest BCUT2D eigenvalue weighted by Crippen LogP contribution is -2.27. The summed E-state index contributed by atoms with van der Waals surface area (Å²) in [6.45, 7) is 12.2. The van der Waals surface area contributed by atoms with E-state index in [2.05, 4.69) is 58.6 Å². The van der Waals surface area contributed by atoms with Crippen molar-refractivity contribution in [3.8, 4) is 0 Å². The van der Waals surface area contributed by atoms with Crippen LogP contribution in [-0.2, 0) is 13.1 Å². The van der Waals surface area contributed by atoms with E-state index in [0.29, 0.717) is 23.7 Å². The van der Waals surface area contributed by atoms with E-state index < -0.39 is 0 Å². The average Bonchev–Trinajstić information content (AvgIpc) is 3.76. The fourth-order valence-corrected chi connectivity index (χ4v) is 4.71. The van der Waals surface area contributed by atoms with E-state index in [1.807, 2.05) is 49.1 Å². The number of oxazole rings is 1. The van der Waals surface area contributed by atoms with Crippen LogP contribution < -0.4 is 10.6 Å². The van der Waals surface area contributed by atoms with Crippen molar-refractivity contribution in [3.63, 3.8) is 0 Å². The van der Waals surface area contributed by atoms with Gasteiger partial charge in [-0.3, -0.25) is 19.2 Å². The molecule has 4 aromatic rings. The summed E-state index contributed by atoms with van der Waals surface area (Å²) in [7, 11) is 2.12. The molecule has 2 N–H and O–H groups in total. The van der Waals surface area contributed by atoms with Gasteiger partial charge in [-0.1, -0.05) is 35.9 Å². The SMILES string of the molecule is CCn1cc(CNCCCNC(=O)c2cc(C)cc(C=O)c2)cn1.Cc1ccccc1.Cc1coc(C2CCCN2C)n1. The molecule has 1 atom stereocenters. The molecule has 1 aliphatic heterocycles. The molecule has 2 aromatic carbocycles. The van der Waals surface area contributed by atoms with E-state index in [1.165, 1.54) is 18.4 Å². The average molecular weight is 587 g/mol. The molecule has 1 amide bonds. The van der Waals surface area contributed by atoms with Crippen molar-refractivity contribution in [2.45, 2.75) is 66.1 Å². The van der Waals surface area contributed by atoms with Gasteiger partial charge in [0.2, 0.25) is 5.89 Å². The monoisotopic (exact) mass is 586 g/mol. The second kappa shape index (κ2) is 17.8. The summed E-state index contributed by atoms with van der Waals surface area (Å²) in [5.41, 5.74) is 5.40. The smallest absolute Gasteiger partial charge is 0.251 e. The van der Waals surface area contributed by atoms with Crippen molar-refractivity contribution < 1.29 is 14.0 Å². The Labute approximate surface area is 255 Å². The molecule has 0 spiro atoms. The van der Waals surface area contributed by atoms with Crippen LogP contribution in [0.25, 0.3) is 0 Å². The number of carbonyl (C=O) groups excluding carboxylic acids is 2. The molecule has 0 saturated carbocycles. The van der Waals surface area contributed by atoms with Gasteiger partial charge in [0, 0.05) is 42.5 Å². The summed E-state index contributed by atoms with van der Waals surface area (Å²) >= 11 is 0. The van der Waals surface area contributed by atoms with Gasteiger partial charge in [0.1, 0.15) is 12.5 Å². The predicted octanol–water partition coefficient (Wildman–Crippen LogP) is 5.68. The maximum Gasteiger partial charge on any atom is 0.251 e. The van der Waals surface area contributed by atoms with Crippen LogP contribution in [0.4, 0.5) is 0 Å². The highest BCUT2D eigenvalue weighted by molar-refractivity contribution is 5.96. The van der Waals surface area contributed by atoms with Crippen molar-refractivity contribution in [2.75, 3.05) is 26.7 Å². The topological polar surface area (TPSA) is 105 Å². The van der Waals surface area contributed by atoms with Crippen molar-refractivity contribution in [2.24, 2.45) is 0 Å². The van der Waals surface area contributed by atoms with E-state index in [1.54, 1.807) is 24.5 Å². The Kier molecular flexibility index (Phi) is 13.8. The van der Waals surface area contributed by atoms with Gasteiger partial charge >= 0.3 is 0 Å². The third-order valence-corrected chi connectivity index (χ3v) is 7.04. The van der Waals surface area contributed by atoms with Gasteiger partial charge in [0.05, 0.1) is 17.9 Å². The second-order valence-electron chi connectivity index (χ2n) is 10.9. The lowest BCUT2D eigenvalue weighted by atomic mass is 10.1. The first-order chi connectivity index (χ1) is 20.8. The largest absolute Gasteiger partial charge is 0.447 e. The molecule has 1 fully saturated rings. The normalized spacial score (nSPS) is 14.3. The number of aryl methyl sites for hydroxylation is 4. The number of nitrogens with one attached hydrogen (secondary N) is 2. The standard InChI is InChI=1S/C18H24N4O2.C9H14N2O.C7H8/c1-3-22-12-16(11-21-22)10-19-5-4-6-20-18(24)17-8-14(2)7-15(9-17)13-23;1-7-6-12-9(10-7)8-4-3-5-11(8)2;1-7-5-3-2-4-6-7/h7-9,11-13,19H,3-6,10H2,1-2H3,(H,20,24);6,8H,3-5H2,1-2H3;2-6H,1H3. The highest BCUT2D eigenvalue weighted by Crippen LogP contribution is 2.29. The van der Waals surface area contributed by atoms with Crippen LogP contribution in [0.2, 0.25) is 0 Å². The number of hydrogen-bond acceptors (Lipinski definition) is 7. The minimum absolute atomic E-state index is 0.147. The van der Waals surface area contributed by atoms with Crippen LogP contribution in [-0.4, -0.2) is 58.5 Å². The van der Waals surface area contributed by atoms with Crippen LogP contribution in [0.3, 0.4) is 0 Å². The molecule has 230 valence electrons. The van der Waals surface area contributed by atoms with Crippen LogP contribution in [0, 0.1) is 20.8 Å². The quantitative estimate of drug-likeness (QED) is 0.182. The Balaban J connectivity index is 0.000000217. The molecular formula is C34H46N6O3. The van der Waals surface area contributed by atoms with Gasteiger partial charge in [-0.15, -0.1) is 0 Å². The van der Waals surface area contributed by atoms with E-state index in [9.17, 15) is 9.59 Å². The van der Waals surface area contributed by atoms with Gasteiger partial charge in [0.15, 0.2) is 0 Å². The lowest BCUT2D eigenvalue weighted by Gasteiger charge is -2.14. The first kappa shape index (κ1) is 33.4. The van der Waals surface area contributed by atoms with Crippen LogP contribution in [0.5, 0.6) is 0 Å². The van der Waals surface area contributed by atoms with Gasteiger partial charge in [-0.25, -0.2) is 4.98 Å². The minimum Gasteiger partial charge on any atom is -0.447 e. The zero-order valence-corrected chi connectivity index (χ0v) is 26.2. The van der Waals surface area contributed by atoms with Crippen LogP contribution >= 0.6 is 0 Å². The summed E-state index contributed by atoms with van der Waals surface area (Å²) in [6, 6.07) is 15.8. The van der Waals surface area contributed by atoms with Gasteiger partial charge in [-0.05, 0) is 90.9 Å². The van der Waals surface area contributed by atoms with E-state index in [-0.39, 0.29) is 5.91 Å². The van der Waals surface area contributed by atoms with Crippen molar-refractivity contribution in [3.05, 3.63) is 107 Å². The summed E-state index contributed by atoms with van der Waals surface area (Å²) in [5.74, 6) is 0.735. The molecule has 9 heteroatoms. The maximum absolute atomic E-state index is 12.1. The molecule has 1 aliphatic rings. The zero-order valence-electron chi connectivity index (χ0n) is 26.2.